The molecule has 0 amide bonds. The van der Waals surface area contributed by atoms with Crippen LogP contribution in [-0.4, -0.2) is 82.9 Å². The molecule has 0 spiro atoms. The summed E-state index contributed by atoms with van der Waals surface area (Å²) in [5, 5.41) is 30.2. The fraction of sp³-hybridized carbons (Fsp3) is 0.686. The lowest BCUT2D eigenvalue weighted by atomic mass is 9.84. The Kier molecular flexibility index (Phi) is 21.2. The van der Waals surface area contributed by atoms with Crippen LogP contribution in [0.3, 0.4) is 0 Å². The molecule has 0 rings (SSSR count). The standard InChI is InChI=1S/C35H54O15/c1-10-19(2)11-20(3)12-21(4)13-22(5)14-23(6)15-27(31(39)40)16-24(7)33(43)50-30(32(41)42)28(34(44)48-17-46-25(8)36)29(38)35(45)49-18-47-26(9)37/h14-15,19-22,24,28-30,38H,10-13,16-18H2,1-9H3,(H,39,40)(H,41,42)/b23-14+,27-15-. The van der Waals surface area contributed by atoms with Crippen molar-refractivity contribution in [3.8, 4) is 0 Å². The molecule has 15 heteroatoms. The molecule has 0 saturated heterocycles. The summed E-state index contributed by atoms with van der Waals surface area (Å²) in [6.45, 7) is 13.8. The van der Waals surface area contributed by atoms with E-state index in [-0.39, 0.29) is 11.5 Å². The van der Waals surface area contributed by atoms with Crippen LogP contribution >= 0.6 is 0 Å². The highest BCUT2D eigenvalue weighted by Crippen LogP contribution is 2.27. The van der Waals surface area contributed by atoms with Gasteiger partial charge >= 0.3 is 41.8 Å². The van der Waals surface area contributed by atoms with Crippen molar-refractivity contribution < 1.29 is 72.6 Å². The number of carboxylic acids is 2. The van der Waals surface area contributed by atoms with Crippen molar-refractivity contribution in [3.05, 3.63) is 23.3 Å². The highest BCUT2D eigenvalue weighted by atomic mass is 16.7. The number of hydrogen-bond acceptors (Lipinski definition) is 13. The normalized spacial score (nSPS) is 16.7. The maximum absolute atomic E-state index is 13.0. The monoisotopic (exact) mass is 714 g/mol. The molecule has 8 atom stereocenters. The first-order chi connectivity index (χ1) is 23.2. The van der Waals surface area contributed by atoms with Crippen LogP contribution in [0, 0.1) is 35.5 Å². The van der Waals surface area contributed by atoms with Crippen LogP contribution in [-0.2, 0) is 57.2 Å². The quantitative estimate of drug-likeness (QED) is 0.0443. The minimum absolute atomic E-state index is 0.135. The third-order valence-electron chi connectivity index (χ3n) is 7.83. The van der Waals surface area contributed by atoms with Crippen molar-refractivity contribution in [3.63, 3.8) is 0 Å². The van der Waals surface area contributed by atoms with E-state index in [4.69, 9.17) is 4.74 Å². The topological polar surface area (TPSA) is 226 Å². The largest absolute Gasteiger partial charge is 0.478 e. The predicted molar refractivity (Wildman–Crippen MR) is 177 cm³/mol. The number of hydrogen-bond donors (Lipinski definition) is 3. The predicted octanol–water partition coefficient (Wildman–Crippen LogP) is 4.20. The Morgan fingerprint density at radius 2 is 1.18 bits per heavy atom. The number of carboxylic acid groups (broad SMARTS) is 2. The molecule has 0 radical (unpaired) electrons. The van der Waals surface area contributed by atoms with Gasteiger partial charge in [0.15, 0.2) is 6.10 Å². The van der Waals surface area contributed by atoms with Crippen LogP contribution in [0.5, 0.6) is 0 Å². The Hall–Kier alpha value is -4.27. The number of carbonyl (C=O) groups excluding carboxylic acids is 5. The number of esters is 5. The molecule has 0 fully saturated rings. The molecule has 0 saturated carbocycles. The second kappa shape index (κ2) is 23.2. The van der Waals surface area contributed by atoms with E-state index in [0.717, 1.165) is 39.5 Å². The molecule has 0 aliphatic rings. The Bertz CT molecular complexity index is 1240. The van der Waals surface area contributed by atoms with Crippen LogP contribution < -0.4 is 0 Å². The zero-order chi connectivity index (χ0) is 38.7. The SMILES string of the molecule is CCC(C)CC(C)CC(C)CC(C)/C=C(C)/C=C(/CC(C)C(=O)OC(C(=O)O)C(C(=O)OCOC(C)=O)C(O)C(=O)OCOC(C)=O)C(=O)O. The molecular formula is C35H54O15. The fourth-order valence-corrected chi connectivity index (χ4v) is 5.43. The first-order valence-corrected chi connectivity index (χ1v) is 16.5. The summed E-state index contributed by atoms with van der Waals surface area (Å²) in [4.78, 5) is 84.5. The molecule has 0 bridgehead atoms. The van der Waals surface area contributed by atoms with Crippen LogP contribution in [0.2, 0.25) is 0 Å². The van der Waals surface area contributed by atoms with Crippen molar-refractivity contribution in [2.75, 3.05) is 13.6 Å². The van der Waals surface area contributed by atoms with Crippen LogP contribution in [0.25, 0.3) is 0 Å². The zero-order valence-electron chi connectivity index (χ0n) is 30.5. The molecule has 0 aliphatic heterocycles. The van der Waals surface area contributed by atoms with E-state index >= 15 is 0 Å². The summed E-state index contributed by atoms with van der Waals surface area (Å²) in [6, 6.07) is 0. The second-order valence-electron chi connectivity index (χ2n) is 13.0. The summed E-state index contributed by atoms with van der Waals surface area (Å²) in [6.07, 6.45) is 2.03. The average molecular weight is 715 g/mol. The average Bonchev–Trinajstić information content (AvgIpc) is 2.98. The number of aliphatic hydroxyl groups excluding tert-OH is 1. The van der Waals surface area contributed by atoms with Crippen molar-refractivity contribution in [2.45, 2.75) is 107 Å². The second-order valence-corrected chi connectivity index (χ2v) is 13.0. The van der Waals surface area contributed by atoms with Gasteiger partial charge < -0.3 is 39.0 Å². The first kappa shape index (κ1) is 45.7. The third-order valence-corrected chi connectivity index (χ3v) is 7.83. The van der Waals surface area contributed by atoms with Crippen molar-refractivity contribution in [2.24, 2.45) is 35.5 Å². The van der Waals surface area contributed by atoms with Crippen LogP contribution in [0.4, 0.5) is 0 Å². The van der Waals surface area contributed by atoms with Crippen LogP contribution in [0.15, 0.2) is 23.3 Å². The van der Waals surface area contributed by atoms with Gasteiger partial charge in [-0.15, -0.1) is 0 Å². The molecule has 8 unspecified atom stereocenters. The van der Waals surface area contributed by atoms with Gasteiger partial charge in [-0.2, -0.15) is 0 Å². The molecule has 3 N–H and O–H groups in total. The van der Waals surface area contributed by atoms with E-state index in [1.165, 1.54) is 13.0 Å². The minimum Gasteiger partial charge on any atom is -0.478 e. The highest BCUT2D eigenvalue weighted by Gasteiger charge is 2.47. The molecule has 0 aromatic heterocycles. The van der Waals surface area contributed by atoms with Gasteiger partial charge in [0.25, 0.3) is 0 Å². The lowest BCUT2D eigenvalue weighted by Crippen LogP contribution is -2.49. The zero-order valence-corrected chi connectivity index (χ0v) is 30.5. The van der Waals surface area contributed by atoms with E-state index < -0.39 is 85.8 Å². The number of aliphatic carboxylic acids is 2. The van der Waals surface area contributed by atoms with Gasteiger partial charge in [-0.1, -0.05) is 59.6 Å². The molecule has 284 valence electrons. The van der Waals surface area contributed by atoms with Crippen molar-refractivity contribution in [1.29, 1.82) is 0 Å². The third kappa shape index (κ3) is 18.5. The smallest absolute Gasteiger partial charge is 0.346 e. The van der Waals surface area contributed by atoms with E-state index in [9.17, 15) is 48.9 Å². The summed E-state index contributed by atoms with van der Waals surface area (Å²) < 4.78 is 23.1. The van der Waals surface area contributed by atoms with Gasteiger partial charge in [-0.3, -0.25) is 19.2 Å². The Morgan fingerprint density at radius 1 is 0.680 bits per heavy atom. The summed E-state index contributed by atoms with van der Waals surface area (Å²) >= 11 is 0. The van der Waals surface area contributed by atoms with Gasteiger partial charge in [0.2, 0.25) is 19.7 Å². The Balaban J connectivity index is 5.93. The van der Waals surface area contributed by atoms with Gasteiger partial charge in [-0.05, 0) is 62.4 Å². The van der Waals surface area contributed by atoms with Gasteiger partial charge in [0.1, 0.15) is 5.92 Å². The number of allylic oxidation sites excluding steroid dienone is 3. The number of ether oxygens (including phenoxy) is 5. The molecule has 0 aromatic rings. The molecule has 0 heterocycles. The Morgan fingerprint density at radius 3 is 1.66 bits per heavy atom. The van der Waals surface area contributed by atoms with E-state index in [1.807, 2.05) is 13.0 Å². The van der Waals surface area contributed by atoms with E-state index in [2.05, 4.69) is 46.6 Å². The van der Waals surface area contributed by atoms with Crippen LogP contribution in [0.1, 0.15) is 94.4 Å². The molecule has 15 nitrogen and oxygen atoms in total. The molecule has 50 heavy (non-hydrogen) atoms. The minimum atomic E-state index is -2.63. The molecule has 0 aliphatic carbocycles. The van der Waals surface area contributed by atoms with Crippen molar-refractivity contribution >= 4 is 41.8 Å². The van der Waals surface area contributed by atoms with Gasteiger partial charge in [-0.25, -0.2) is 14.4 Å². The summed E-state index contributed by atoms with van der Waals surface area (Å²) in [7, 11) is 0. The lowest BCUT2D eigenvalue weighted by Gasteiger charge is -2.26. The lowest BCUT2D eigenvalue weighted by molar-refractivity contribution is -0.195. The number of aliphatic hydroxyl groups is 1. The number of carbonyl (C=O) groups is 7. The maximum atomic E-state index is 13.0. The summed E-state index contributed by atoms with van der Waals surface area (Å²) in [5.41, 5.74) is 0.466. The maximum Gasteiger partial charge on any atom is 0.346 e. The van der Waals surface area contributed by atoms with E-state index in [0.29, 0.717) is 23.3 Å². The van der Waals surface area contributed by atoms with Gasteiger partial charge in [0, 0.05) is 19.4 Å². The van der Waals surface area contributed by atoms with E-state index in [1.54, 1.807) is 6.92 Å². The first-order valence-electron chi connectivity index (χ1n) is 16.5. The Labute approximate surface area is 293 Å². The van der Waals surface area contributed by atoms with Crippen molar-refractivity contribution in [1.82, 2.24) is 0 Å². The number of rotatable bonds is 23. The molecular weight excluding hydrogens is 660 g/mol. The summed E-state index contributed by atoms with van der Waals surface area (Å²) in [5.74, 6) is -11.5. The van der Waals surface area contributed by atoms with Gasteiger partial charge in [0.05, 0.1) is 5.92 Å². The molecule has 0 aromatic carbocycles. The highest BCUT2D eigenvalue weighted by molar-refractivity contribution is 5.91. The fourth-order valence-electron chi connectivity index (χ4n) is 5.43.